The Bertz CT molecular complexity index is 938. The summed E-state index contributed by atoms with van der Waals surface area (Å²) in [4.78, 5) is 4.28. The van der Waals surface area contributed by atoms with E-state index in [0.29, 0.717) is 10.1 Å². The number of thioether (sulfide) groups is 1. The van der Waals surface area contributed by atoms with Crippen molar-refractivity contribution in [2.24, 2.45) is 5.92 Å². The second-order valence-corrected chi connectivity index (χ2v) is 9.28. The molecule has 1 N–H and O–H groups in total. The number of aliphatic hydroxyl groups excluding tert-OH is 1. The Balaban J connectivity index is 2.50. The maximum absolute atomic E-state index is 10.2. The van der Waals surface area contributed by atoms with E-state index >= 15 is 0 Å². The predicted molar refractivity (Wildman–Crippen MR) is 133 cm³/mol. The van der Waals surface area contributed by atoms with E-state index in [1.54, 1.807) is 36.1 Å². The summed E-state index contributed by atoms with van der Waals surface area (Å²) in [5.41, 5.74) is 7.63. The van der Waals surface area contributed by atoms with Crippen LogP contribution in [0.4, 0.5) is 0 Å². The van der Waals surface area contributed by atoms with Gasteiger partial charge < -0.3 is 10.0 Å². The van der Waals surface area contributed by atoms with Crippen molar-refractivity contribution in [3.8, 4) is 0 Å². The molecule has 0 fully saturated rings. The van der Waals surface area contributed by atoms with E-state index in [0.717, 1.165) is 34.8 Å². The molecule has 0 aromatic carbocycles. The van der Waals surface area contributed by atoms with Crippen molar-refractivity contribution in [3.05, 3.63) is 97.1 Å². The van der Waals surface area contributed by atoms with Crippen LogP contribution in [-0.2, 0) is 0 Å². The van der Waals surface area contributed by atoms with Crippen LogP contribution in [0.2, 0.25) is 0 Å². The maximum Gasteiger partial charge on any atom is 0.0725 e. The second kappa shape index (κ2) is 11.7. The Kier molecular flexibility index (Phi) is 9.61. The summed E-state index contributed by atoms with van der Waals surface area (Å²) < 4.78 is 0. The summed E-state index contributed by atoms with van der Waals surface area (Å²) in [5.74, 6) is 0.269. The normalized spacial score (nSPS) is 18.2. The monoisotopic (exact) mass is 461 g/mol. The van der Waals surface area contributed by atoms with Crippen LogP contribution >= 0.6 is 35.0 Å². The summed E-state index contributed by atoms with van der Waals surface area (Å²) in [5, 5.41) is 11.4. The third-order valence-corrected chi connectivity index (χ3v) is 6.66. The van der Waals surface area contributed by atoms with E-state index in [4.69, 9.17) is 23.2 Å². The minimum absolute atomic E-state index is 0.00410. The number of rotatable bonds is 8. The van der Waals surface area contributed by atoms with E-state index in [9.17, 15) is 5.11 Å². The van der Waals surface area contributed by atoms with Crippen LogP contribution in [0.3, 0.4) is 0 Å². The van der Waals surface area contributed by atoms with Crippen LogP contribution < -0.4 is 0 Å². The van der Waals surface area contributed by atoms with Gasteiger partial charge in [0, 0.05) is 34.3 Å². The first-order chi connectivity index (χ1) is 14.3. The molecule has 0 spiro atoms. The molecule has 0 bridgehead atoms. The zero-order valence-corrected chi connectivity index (χ0v) is 20.3. The lowest BCUT2D eigenvalue weighted by Crippen LogP contribution is -2.32. The highest BCUT2D eigenvalue weighted by Gasteiger charge is 2.27. The zero-order chi connectivity index (χ0) is 22.3. The molecule has 0 saturated heterocycles. The van der Waals surface area contributed by atoms with Gasteiger partial charge in [-0.15, -0.1) is 5.73 Å². The van der Waals surface area contributed by atoms with Crippen molar-refractivity contribution in [3.63, 3.8) is 0 Å². The third kappa shape index (κ3) is 6.20. The summed E-state index contributed by atoms with van der Waals surface area (Å²) in [7, 11) is 0. The highest BCUT2D eigenvalue weighted by molar-refractivity contribution is 8.07. The highest BCUT2D eigenvalue weighted by Crippen LogP contribution is 2.42. The first kappa shape index (κ1) is 24.7. The van der Waals surface area contributed by atoms with Crippen molar-refractivity contribution in [2.45, 2.75) is 27.7 Å². The molecule has 0 atom stereocenters. The molecular weight excluding hydrogens is 433 g/mol. The molecule has 2 nitrogen and oxygen atoms in total. The number of halogens is 2. The van der Waals surface area contributed by atoms with Crippen LogP contribution in [0.1, 0.15) is 27.7 Å². The average molecular weight is 462 g/mol. The van der Waals surface area contributed by atoms with E-state index in [-0.39, 0.29) is 12.5 Å². The molecule has 2 rings (SSSR count). The third-order valence-electron chi connectivity index (χ3n) is 4.86. The molecule has 2 aliphatic rings. The molecule has 0 aromatic rings. The number of hydrogen-bond donors (Lipinski definition) is 1. The fourth-order valence-corrected chi connectivity index (χ4v) is 5.06. The fraction of sp³-hybridized carbons (Fsp3) is 0.320. The smallest absolute Gasteiger partial charge is 0.0725 e. The van der Waals surface area contributed by atoms with E-state index in [1.165, 1.54) is 10.5 Å². The van der Waals surface area contributed by atoms with Gasteiger partial charge in [0.1, 0.15) is 0 Å². The second-order valence-electron chi connectivity index (χ2n) is 7.33. The first-order valence-electron chi connectivity index (χ1n) is 9.93. The maximum atomic E-state index is 10.2. The molecule has 1 heterocycles. The average Bonchev–Trinajstić information content (AvgIpc) is 2.85. The van der Waals surface area contributed by atoms with Crippen LogP contribution in [0, 0.1) is 5.92 Å². The lowest BCUT2D eigenvalue weighted by Gasteiger charge is -2.36. The van der Waals surface area contributed by atoms with Gasteiger partial charge in [-0.1, -0.05) is 79.7 Å². The number of aliphatic hydroxyl groups is 1. The number of allylic oxidation sites excluding steroid dienone is 8. The molecule has 160 valence electrons. The summed E-state index contributed by atoms with van der Waals surface area (Å²) in [6.45, 7) is 13.7. The van der Waals surface area contributed by atoms with Gasteiger partial charge in [0.15, 0.2) is 0 Å². The molecule has 5 heteroatoms. The van der Waals surface area contributed by atoms with Crippen molar-refractivity contribution in [2.75, 3.05) is 19.7 Å². The van der Waals surface area contributed by atoms with Crippen LogP contribution in [-0.4, -0.2) is 29.7 Å². The quantitative estimate of drug-likeness (QED) is 0.305. The predicted octanol–water partition coefficient (Wildman–Crippen LogP) is 7.20. The van der Waals surface area contributed by atoms with Gasteiger partial charge in [-0.25, -0.2) is 0 Å². The fourth-order valence-electron chi connectivity index (χ4n) is 3.49. The molecule has 1 aliphatic carbocycles. The van der Waals surface area contributed by atoms with Gasteiger partial charge >= 0.3 is 0 Å². The Morgan fingerprint density at radius 1 is 1.37 bits per heavy atom. The Morgan fingerprint density at radius 3 is 2.70 bits per heavy atom. The molecule has 0 aromatic heterocycles. The van der Waals surface area contributed by atoms with Gasteiger partial charge in [0.2, 0.25) is 0 Å². The summed E-state index contributed by atoms with van der Waals surface area (Å²) >= 11 is 14.2. The number of hydrogen-bond acceptors (Lipinski definition) is 3. The van der Waals surface area contributed by atoms with Crippen molar-refractivity contribution in [1.29, 1.82) is 0 Å². The lowest BCUT2D eigenvalue weighted by molar-refractivity contribution is 0.314. The van der Waals surface area contributed by atoms with Crippen LogP contribution in [0.5, 0.6) is 0 Å². The van der Waals surface area contributed by atoms with Crippen molar-refractivity contribution in [1.82, 2.24) is 4.90 Å². The Labute approximate surface area is 195 Å². The largest absolute Gasteiger partial charge is 0.392 e. The van der Waals surface area contributed by atoms with Gasteiger partial charge in [0.05, 0.1) is 16.5 Å². The van der Waals surface area contributed by atoms with Gasteiger partial charge in [0.25, 0.3) is 0 Å². The molecule has 0 saturated carbocycles. The van der Waals surface area contributed by atoms with E-state index in [2.05, 4.69) is 44.1 Å². The minimum atomic E-state index is -0.00410. The van der Waals surface area contributed by atoms with Gasteiger partial charge in [-0.2, -0.15) is 0 Å². The Morgan fingerprint density at radius 2 is 2.10 bits per heavy atom. The minimum Gasteiger partial charge on any atom is -0.392 e. The summed E-state index contributed by atoms with van der Waals surface area (Å²) in [6.07, 6.45) is 13.2. The molecular formula is C25H29Cl2NOS. The standard InChI is InChI=1S/C25H29Cl2NOS/c1-6-8-19(9-7-2)14-28-15-24(25(17(3)4)21(16-29)18(28)5)30-23-13-11-20(26)10-12-22(23)27/h6-12,17,29H,1,14-16H2,2-5H3/b9-7-,19-8+. The lowest BCUT2D eigenvalue weighted by atomic mass is 9.90. The highest BCUT2D eigenvalue weighted by atomic mass is 35.5. The van der Waals surface area contributed by atoms with Crippen molar-refractivity contribution < 1.29 is 5.11 Å². The van der Waals surface area contributed by atoms with E-state index < -0.39 is 0 Å². The van der Waals surface area contributed by atoms with Crippen LogP contribution in [0.25, 0.3) is 0 Å². The topological polar surface area (TPSA) is 23.5 Å². The number of nitrogens with zero attached hydrogens (tertiary/aromatic N) is 1. The molecule has 0 radical (unpaired) electrons. The summed E-state index contributed by atoms with van der Waals surface area (Å²) in [6, 6.07) is 0. The molecule has 30 heavy (non-hydrogen) atoms. The molecule has 1 aliphatic heterocycles. The van der Waals surface area contributed by atoms with E-state index in [1.807, 2.05) is 19.1 Å². The zero-order valence-electron chi connectivity index (χ0n) is 18.0. The first-order valence-corrected chi connectivity index (χ1v) is 11.5. The van der Waals surface area contributed by atoms with Gasteiger partial charge in [-0.05, 0) is 49.1 Å². The molecule has 0 unspecified atom stereocenters. The van der Waals surface area contributed by atoms with Gasteiger partial charge in [-0.3, -0.25) is 0 Å². The Hall–Kier alpha value is -1.61. The molecule has 0 amide bonds. The van der Waals surface area contributed by atoms with Crippen molar-refractivity contribution >= 4 is 35.0 Å². The SMILES string of the molecule is C=C/C=C(\C=C/C)CN1CC(SC2=C=CC(Cl)=CC=C2Cl)=C(C(C)C)C(CO)=C1C. The van der Waals surface area contributed by atoms with Crippen LogP contribution in [0.15, 0.2) is 97.1 Å².